The van der Waals surface area contributed by atoms with Crippen LogP contribution in [0.5, 0.6) is 0 Å². The number of carbonyl (C=O) groups excluding carboxylic acids is 2. The van der Waals surface area contributed by atoms with Crippen LogP contribution in [0.15, 0.2) is 41.3 Å². The fourth-order valence-electron chi connectivity index (χ4n) is 1.65. The topological polar surface area (TPSA) is 84.2 Å². The number of hydrogen-bond acceptors (Lipinski definition) is 4. The largest absolute Gasteiger partial charge is 0.472 e. The summed E-state index contributed by atoms with van der Waals surface area (Å²) >= 11 is 0. The standard InChI is InChI=1S/C14H12F3N3O3/c1-8(19-13(22)9-3-5-23-7-9)12(21)20-11-6-10(2-4-18-11)14(15,16)17/h2-8H,1H3,(H,19,22)(H,18,20,21)/t8-/m0/s1. The van der Waals surface area contributed by atoms with Gasteiger partial charge in [0.1, 0.15) is 18.1 Å². The molecule has 2 heterocycles. The average molecular weight is 327 g/mol. The Kier molecular flexibility index (Phi) is 4.68. The Morgan fingerprint density at radius 3 is 2.65 bits per heavy atom. The van der Waals surface area contributed by atoms with Crippen LogP contribution in [0.2, 0.25) is 0 Å². The minimum Gasteiger partial charge on any atom is -0.472 e. The number of alkyl halides is 3. The van der Waals surface area contributed by atoms with Gasteiger partial charge in [0.05, 0.1) is 17.4 Å². The number of aromatic nitrogens is 1. The van der Waals surface area contributed by atoms with Crippen LogP contribution in [0.3, 0.4) is 0 Å². The molecule has 2 amide bonds. The van der Waals surface area contributed by atoms with Crippen molar-refractivity contribution >= 4 is 17.6 Å². The lowest BCUT2D eigenvalue weighted by atomic mass is 10.2. The lowest BCUT2D eigenvalue weighted by Crippen LogP contribution is -2.41. The van der Waals surface area contributed by atoms with Crippen molar-refractivity contribution in [2.24, 2.45) is 0 Å². The quantitative estimate of drug-likeness (QED) is 0.903. The number of carbonyl (C=O) groups is 2. The van der Waals surface area contributed by atoms with Crippen LogP contribution >= 0.6 is 0 Å². The Labute approximate surface area is 128 Å². The van der Waals surface area contributed by atoms with E-state index in [1.807, 2.05) is 0 Å². The highest BCUT2D eigenvalue weighted by molar-refractivity contribution is 6.00. The third kappa shape index (κ3) is 4.31. The molecular formula is C14H12F3N3O3. The second-order valence-electron chi connectivity index (χ2n) is 4.62. The van der Waals surface area contributed by atoms with Crippen molar-refractivity contribution in [2.45, 2.75) is 19.1 Å². The number of pyridine rings is 1. The normalized spacial score (nSPS) is 12.5. The van der Waals surface area contributed by atoms with Gasteiger partial charge in [-0.1, -0.05) is 0 Å². The smallest absolute Gasteiger partial charge is 0.416 e. The van der Waals surface area contributed by atoms with Crippen LogP contribution in [-0.2, 0) is 11.0 Å². The predicted molar refractivity (Wildman–Crippen MR) is 73.5 cm³/mol. The maximum absolute atomic E-state index is 12.6. The van der Waals surface area contributed by atoms with E-state index in [2.05, 4.69) is 15.6 Å². The van der Waals surface area contributed by atoms with Crippen molar-refractivity contribution in [3.8, 4) is 0 Å². The highest BCUT2D eigenvalue weighted by atomic mass is 19.4. The molecule has 6 nitrogen and oxygen atoms in total. The van der Waals surface area contributed by atoms with E-state index in [1.54, 1.807) is 0 Å². The van der Waals surface area contributed by atoms with E-state index < -0.39 is 29.6 Å². The average Bonchev–Trinajstić information content (AvgIpc) is 3.00. The molecule has 2 rings (SSSR count). The fraction of sp³-hybridized carbons (Fsp3) is 0.214. The van der Waals surface area contributed by atoms with E-state index in [0.29, 0.717) is 6.07 Å². The summed E-state index contributed by atoms with van der Waals surface area (Å²) in [6.45, 7) is 1.39. The molecule has 0 saturated carbocycles. The molecule has 1 atom stereocenters. The molecule has 2 N–H and O–H groups in total. The van der Waals surface area contributed by atoms with Gasteiger partial charge in [-0.15, -0.1) is 0 Å². The molecule has 122 valence electrons. The SMILES string of the molecule is C[C@H](NC(=O)c1ccoc1)C(=O)Nc1cc(C(F)(F)F)ccn1. The van der Waals surface area contributed by atoms with Crippen LogP contribution in [0.4, 0.5) is 19.0 Å². The summed E-state index contributed by atoms with van der Waals surface area (Å²) in [5.41, 5.74) is -0.709. The number of furan rings is 1. The molecule has 0 fully saturated rings. The predicted octanol–water partition coefficient (Wildman–Crippen LogP) is 2.45. The third-order valence-electron chi connectivity index (χ3n) is 2.86. The Morgan fingerprint density at radius 1 is 1.30 bits per heavy atom. The number of rotatable bonds is 4. The Bertz CT molecular complexity index is 699. The number of amides is 2. The monoisotopic (exact) mass is 327 g/mol. The van der Waals surface area contributed by atoms with Gasteiger partial charge in [-0.3, -0.25) is 9.59 Å². The van der Waals surface area contributed by atoms with Gasteiger partial charge in [0.25, 0.3) is 5.91 Å². The summed E-state index contributed by atoms with van der Waals surface area (Å²) in [5.74, 6) is -1.50. The van der Waals surface area contributed by atoms with Crippen molar-refractivity contribution in [1.29, 1.82) is 0 Å². The summed E-state index contributed by atoms with van der Waals surface area (Å²) in [5, 5.41) is 4.60. The van der Waals surface area contributed by atoms with Crippen molar-refractivity contribution < 1.29 is 27.2 Å². The first-order valence-corrected chi connectivity index (χ1v) is 6.44. The van der Waals surface area contributed by atoms with E-state index in [1.165, 1.54) is 25.5 Å². The molecule has 0 bridgehead atoms. The maximum atomic E-state index is 12.6. The fourth-order valence-corrected chi connectivity index (χ4v) is 1.65. The first-order chi connectivity index (χ1) is 10.8. The van der Waals surface area contributed by atoms with Gasteiger partial charge < -0.3 is 15.1 Å². The summed E-state index contributed by atoms with van der Waals surface area (Å²) in [4.78, 5) is 27.3. The second-order valence-corrected chi connectivity index (χ2v) is 4.62. The molecule has 0 saturated heterocycles. The summed E-state index contributed by atoms with van der Waals surface area (Å²) in [6, 6.07) is 1.94. The van der Waals surface area contributed by atoms with Gasteiger partial charge in [-0.25, -0.2) is 4.98 Å². The Morgan fingerprint density at radius 2 is 2.04 bits per heavy atom. The Balaban J connectivity index is 2.00. The molecular weight excluding hydrogens is 315 g/mol. The van der Waals surface area contributed by atoms with Gasteiger partial charge in [0.15, 0.2) is 0 Å². The molecule has 2 aromatic heterocycles. The first kappa shape index (κ1) is 16.5. The molecule has 23 heavy (non-hydrogen) atoms. The van der Waals surface area contributed by atoms with Crippen LogP contribution in [-0.4, -0.2) is 22.8 Å². The van der Waals surface area contributed by atoms with E-state index in [4.69, 9.17) is 4.42 Å². The minimum atomic E-state index is -4.54. The van der Waals surface area contributed by atoms with E-state index in [-0.39, 0.29) is 11.4 Å². The minimum absolute atomic E-state index is 0.224. The van der Waals surface area contributed by atoms with Crippen molar-refractivity contribution in [2.75, 3.05) is 5.32 Å². The molecule has 2 aromatic rings. The van der Waals surface area contributed by atoms with Crippen LogP contribution in [0, 0.1) is 0 Å². The highest BCUT2D eigenvalue weighted by Crippen LogP contribution is 2.29. The lowest BCUT2D eigenvalue weighted by molar-refractivity contribution is -0.137. The van der Waals surface area contributed by atoms with Gasteiger partial charge in [-0.05, 0) is 25.1 Å². The zero-order chi connectivity index (χ0) is 17.0. The number of halogens is 3. The molecule has 9 heteroatoms. The van der Waals surface area contributed by atoms with E-state index in [9.17, 15) is 22.8 Å². The summed E-state index contributed by atoms with van der Waals surface area (Å²) < 4.78 is 42.5. The number of nitrogens with zero attached hydrogens (tertiary/aromatic N) is 1. The second kappa shape index (κ2) is 6.51. The van der Waals surface area contributed by atoms with Crippen molar-refractivity contribution in [3.63, 3.8) is 0 Å². The zero-order valence-electron chi connectivity index (χ0n) is 11.8. The van der Waals surface area contributed by atoms with Gasteiger partial charge in [0, 0.05) is 6.20 Å². The van der Waals surface area contributed by atoms with Gasteiger partial charge in [0.2, 0.25) is 5.91 Å². The van der Waals surface area contributed by atoms with Gasteiger partial charge >= 0.3 is 6.18 Å². The molecule has 0 aliphatic heterocycles. The van der Waals surface area contributed by atoms with E-state index >= 15 is 0 Å². The van der Waals surface area contributed by atoms with Crippen LogP contribution in [0.25, 0.3) is 0 Å². The highest BCUT2D eigenvalue weighted by Gasteiger charge is 2.31. The molecule has 0 aliphatic rings. The van der Waals surface area contributed by atoms with Crippen LogP contribution in [0.1, 0.15) is 22.8 Å². The van der Waals surface area contributed by atoms with Crippen molar-refractivity contribution in [1.82, 2.24) is 10.3 Å². The van der Waals surface area contributed by atoms with Gasteiger partial charge in [-0.2, -0.15) is 13.2 Å². The maximum Gasteiger partial charge on any atom is 0.416 e. The van der Waals surface area contributed by atoms with Crippen molar-refractivity contribution in [3.05, 3.63) is 48.0 Å². The molecule has 0 spiro atoms. The lowest BCUT2D eigenvalue weighted by Gasteiger charge is -2.14. The molecule has 0 aromatic carbocycles. The first-order valence-electron chi connectivity index (χ1n) is 6.44. The Hall–Kier alpha value is -2.84. The molecule has 0 radical (unpaired) electrons. The summed E-state index contributed by atoms with van der Waals surface area (Å²) in [6.07, 6.45) is -1.10. The number of nitrogens with one attached hydrogen (secondary N) is 2. The van der Waals surface area contributed by atoms with E-state index in [0.717, 1.165) is 12.3 Å². The third-order valence-corrected chi connectivity index (χ3v) is 2.86. The number of anilines is 1. The molecule has 0 unspecified atom stereocenters. The summed E-state index contributed by atoms with van der Waals surface area (Å²) in [7, 11) is 0. The zero-order valence-corrected chi connectivity index (χ0v) is 11.8. The van der Waals surface area contributed by atoms with Crippen LogP contribution < -0.4 is 10.6 Å². The number of hydrogen-bond donors (Lipinski definition) is 2. The molecule has 0 aliphatic carbocycles.